The number of halogens is 1. The van der Waals surface area contributed by atoms with Crippen LogP contribution >= 0.6 is 22.6 Å². The topological polar surface area (TPSA) is 120 Å². The molecular formula is C20H11IN4O4. The van der Waals surface area contributed by atoms with E-state index in [1.165, 1.54) is 4.57 Å². The van der Waals surface area contributed by atoms with Crippen molar-refractivity contribution < 1.29 is 14.0 Å². The van der Waals surface area contributed by atoms with E-state index in [0.29, 0.717) is 22.7 Å². The molecule has 5 rings (SSSR count). The minimum atomic E-state index is -0.630. The highest BCUT2D eigenvalue weighted by molar-refractivity contribution is 14.1. The number of imide groups is 1. The number of nitrogens with two attached hydrogens (primary N) is 1. The molecule has 8 nitrogen and oxygen atoms in total. The number of hydrogen-bond acceptors (Lipinski definition) is 6. The van der Waals surface area contributed by atoms with E-state index in [-0.39, 0.29) is 16.9 Å². The third kappa shape index (κ3) is 2.73. The van der Waals surface area contributed by atoms with Crippen LogP contribution in [0.25, 0.3) is 28.2 Å². The molecule has 142 valence electrons. The monoisotopic (exact) mass is 498 g/mol. The Labute approximate surface area is 176 Å². The Morgan fingerprint density at radius 3 is 2.66 bits per heavy atom. The SMILES string of the molecule is Nc1c2c(cc(=O)n1-c1ccc3oc(-c4cccc(I)c4)nc3c1)C(=O)NC2=O. The van der Waals surface area contributed by atoms with Crippen molar-refractivity contribution in [3.63, 3.8) is 0 Å². The Balaban J connectivity index is 1.67. The maximum Gasteiger partial charge on any atom is 0.262 e. The highest BCUT2D eigenvalue weighted by Gasteiger charge is 2.31. The molecule has 0 radical (unpaired) electrons. The molecular weight excluding hydrogens is 487 g/mol. The first-order chi connectivity index (χ1) is 13.9. The van der Waals surface area contributed by atoms with E-state index >= 15 is 0 Å². The highest BCUT2D eigenvalue weighted by Crippen LogP contribution is 2.28. The summed E-state index contributed by atoms with van der Waals surface area (Å²) < 4.78 is 8.05. The fourth-order valence-corrected chi connectivity index (χ4v) is 3.89. The van der Waals surface area contributed by atoms with E-state index in [0.717, 1.165) is 15.2 Å². The van der Waals surface area contributed by atoms with Gasteiger partial charge in [-0.2, -0.15) is 0 Å². The predicted octanol–water partition coefficient (Wildman–Crippen LogP) is 2.72. The number of aromatic nitrogens is 2. The second kappa shape index (κ2) is 6.27. The first kappa shape index (κ1) is 17.6. The molecule has 0 saturated heterocycles. The number of carbonyl (C=O) groups is 2. The maximum atomic E-state index is 12.6. The number of hydrogen-bond donors (Lipinski definition) is 2. The number of rotatable bonds is 2. The van der Waals surface area contributed by atoms with E-state index in [2.05, 4.69) is 32.9 Å². The molecule has 1 aliphatic heterocycles. The Kier molecular flexibility index (Phi) is 3.81. The van der Waals surface area contributed by atoms with Crippen molar-refractivity contribution in [2.75, 3.05) is 5.73 Å². The zero-order valence-corrected chi connectivity index (χ0v) is 16.8. The summed E-state index contributed by atoms with van der Waals surface area (Å²) in [6, 6.07) is 13.8. The molecule has 29 heavy (non-hydrogen) atoms. The number of carbonyl (C=O) groups excluding carboxylic acids is 2. The average Bonchev–Trinajstić information content (AvgIpc) is 3.22. The molecule has 0 spiro atoms. The third-order valence-electron chi connectivity index (χ3n) is 4.65. The molecule has 1 aliphatic rings. The number of oxazole rings is 1. The van der Waals surface area contributed by atoms with Gasteiger partial charge in [-0.25, -0.2) is 4.98 Å². The standard InChI is InChI=1S/C20H11IN4O4/c21-10-3-1-2-9(6-10)20-23-13-7-11(4-5-14(13)29-20)25-15(26)8-12-16(17(25)22)19(28)24-18(12)27/h1-8H,22H2,(H,24,27,28). The zero-order valence-electron chi connectivity index (χ0n) is 14.6. The normalized spacial score (nSPS) is 13.0. The number of fused-ring (bicyclic) bond motifs is 2. The van der Waals surface area contributed by atoms with Crippen LogP contribution in [0.15, 0.2) is 57.7 Å². The quantitative estimate of drug-likeness (QED) is 0.324. The van der Waals surface area contributed by atoms with E-state index in [1.807, 2.05) is 24.3 Å². The molecule has 2 aromatic carbocycles. The summed E-state index contributed by atoms with van der Waals surface area (Å²) in [4.78, 5) is 41.0. The smallest absolute Gasteiger partial charge is 0.262 e. The fourth-order valence-electron chi connectivity index (χ4n) is 3.35. The second-order valence-corrected chi connectivity index (χ2v) is 7.70. The van der Waals surface area contributed by atoms with E-state index < -0.39 is 17.4 Å². The van der Waals surface area contributed by atoms with Crippen molar-refractivity contribution in [3.8, 4) is 17.1 Å². The van der Waals surface area contributed by atoms with Gasteiger partial charge in [-0.3, -0.25) is 24.3 Å². The number of pyridine rings is 1. The maximum absolute atomic E-state index is 12.6. The van der Waals surface area contributed by atoms with Gasteiger partial charge < -0.3 is 10.2 Å². The fraction of sp³-hybridized carbons (Fsp3) is 0. The molecule has 9 heteroatoms. The molecule has 0 saturated carbocycles. The van der Waals surface area contributed by atoms with Crippen molar-refractivity contribution in [1.29, 1.82) is 0 Å². The minimum absolute atomic E-state index is 0.00519. The first-order valence-corrected chi connectivity index (χ1v) is 9.58. The zero-order chi connectivity index (χ0) is 20.3. The van der Waals surface area contributed by atoms with Gasteiger partial charge in [0.15, 0.2) is 5.58 Å². The van der Waals surface area contributed by atoms with Gasteiger partial charge in [0.25, 0.3) is 17.4 Å². The Hall–Kier alpha value is -3.47. The number of benzene rings is 2. The molecule has 3 N–H and O–H groups in total. The summed E-state index contributed by atoms with van der Waals surface area (Å²) >= 11 is 2.21. The lowest BCUT2D eigenvalue weighted by Crippen LogP contribution is -2.24. The van der Waals surface area contributed by atoms with Crippen LogP contribution in [0, 0.1) is 3.57 Å². The largest absolute Gasteiger partial charge is 0.436 e. The predicted molar refractivity (Wildman–Crippen MR) is 114 cm³/mol. The van der Waals surface area contributed by atoms with Crippen molar-refractivity contribution in [1.82, 2.24) is 14.9 Å². The lowest BCUT2D eigenvalue weighted by atomic mass is 10.1. The lowest BCUT2D eigenvalue weighted by molar-refractivity contribution is 0.0880. The van der Waals surface area contributed by atoms with Crippen molar-refractivity contribution in [3.05, 3.63) is 73.6 Å². The van der Waals surface area contributed by atoms with Gasteiger partial charge in [-0.15, -0.1) is 0 Å². The summed E-state index contributed by atoms with van der Waals surface area (Å²) in [5.74, 6) is -0.902. The lowest BCUT2D eigenvalue weighted by Gasteiger charge is -2.11. The number of nitrogens with one attached hydrogen (secondary N) is 1. The van der Waals surface area contributed by atoms with Crippen LogP contribution in [0.5, 0.6) is 0 Å². The van der Waals surface area contributed by atoms with Gasteiger partial charge in [-0.1, -0.05) is 6.07 Å². The van der Waals surface area contributed by atoms with Crippen LogP contribution in [0.3, 0.4) is 0 Å². The van der Waals surface area contributed by atoms with Gasteiger partial charge >= 0.3 is 0 Å². The second-order valence-electron chi connectivity index (χ2n) is 6.46. The van der Waals surface area contributed by atoms with Crippen LogP contribution in [-0.2, 0) is 0 Å². The number of nitrogens with zero attached hydrogens (tertiary/aromatic N) is 2. The summed E-state index contributed by atoms with van der Waals surface area (Å²) in [5.41, 5.74) is 7.86. The van der Waals surface area contributed by atoms with Crippen LogP contribution in [0.4, 0.5) is 5.82 Å². The summed E-state index contributed by atoms with van der Waals surface area (Å²) in [7, 11) is 0. The van der Waals surface area contributed by atoms with Crippen LogP contribution in [-0.4, -0.2) is 21.4 Å². The number of nitrogen functional groups attached to an aromatic ring is 1. The molecule has 0 fully saturated rings. The minimum Gasteiger partial charge on any atom is -0.436 e. The van der Waals surface area contributed by atoms with E-state index in [9.17, 15) is 14.4 Å². The first-order valence-electron chi connectivity index (χ1n) is 8.50. The molecule has 2 aromatic heterocycles. The molecule has 2 amide bonds. The summed E-state index contributed by atoms with van der Waals surface area (Å²) in [6.45, 7) is 0. The van der Waals surface area contributed by atoms with Crippen molar-refractivity contribution in [2.24, 2.45) is 0 Å². The van der Waals surface area contributed by atoms with Gasteiger partial charge in [-0.05, 0) is 59.0 Å². The molecule has 3 heterocycles. The third-order valence-corrected chi connectivity index (χ3v) is 5.33. The Morgan fingerprint density at radius 2 is 1.86 bits per heavy atom. The molecule has 0 unspecified atom stereocenters. The Bertz CT molecular complexity index is 1420. The van der Waals surface area contributed by atoms with Crippen LogP contribution in [0.2, 0.25) is 0 Å². The summed E-state index contributed by atoms with van der Waals surface area (Å²) in [5, 5.41) is 2.15. The van der Waals surface area contributed by atoms with Crippen LogP contribution < -0.4 is 16.6 Å². The molecule has 4 aromatic rings. The Morgan fingerprint density at radius 1 is 1.03 bits per heavy atom. The van der Waals surface area contributed by atoms with E-state index in [1.54, 1.807) is 18.2 Å². The van der Waals surface area contributed by atoms with Crippen molar-refractivity contribution >= 4 is 51.3 Å². The molecule has 0 bridgehead atoms. The van der Waals surface area contributed by atoms with Gasteiger partial charge in [0.2, 0.25) is 5.89 Å². The molecule has 0 atom stereocenters. The highest BCUT2D eigenvalue weighted by atomic mass is 127. The van der Waals surface area contributed by atoms with Gasteiger partial charge in [0.05, 0.1) is 16.8 Å². The van der Waals surface area contributed by atoms with Gasteiger partial charge in [0, 0.05) is 15.2 Å². The average molecular weight is 498 g/mol. The molecule has 0 aliphatic carbocycles. The summed E-state index contributed by atoms with van der Waals surface area (Å²) in [6.07, 6.45) is 0. The number of anilines is 1. The van der Waals surface area contributed by atoms with Crippen molar-refractivity contribution in [2.45, 2.75) is 0 Å². The van der Waals surface area contributed by atoms with E-state index in [4.69, 9.17) is 10.2 Å². The van der Waals surface area contributed by atoms with Gasteiger partial charge in [0.1, 0.15) is 11.3 Å². The van der Waals surface area contributed by atoms with Crippen LogP contribution in [0.1, 0.15) is 20.7 Å². The number of amides is 2.